The van der Waals surface area contributed by atoms with Gasteiger partial charge in [-0.3, -0.25) is 14.9 Å². The van der Waals surface area contributed by atoms with Gasteiger partial charge >= 0.3 is 0 Å². The van der Waals surface area contributed by atoms with Crippen molar-refractivity contribution in [1.82, 2.24) is 10.3 Å². The highest BCUT2D eigenvalue weighted by atomic mass is 32.1. The lowest BCUT2D eigenvalue weighted by Gasteiger charge is -2.04. The molecule has 1 heterocycles. The SMILES string of the molecule is CCc1cnc(CNC(=O)c2ccc(N)c([N+](=O)[O-])c2)s1. The van der Waals surface area contributed by atoms with Gasteiger partial charge in [0.1, 0.15) is 10.7 Å². The maximum absolute atomic E-state index is 12.0. The van der Waals surface area contributed by atoms with E-state index in [1.165, 1.54) is 29.5 Å². The number of rotatable bonds is 5. The molecular formula is C13H14N4O3S. The Morgan fingerprint density at radius 3 is 2.90 bits per heavy atom. The first kappa shape index (κ1) is 14.9. The molecule has 0 saturated carbocycles. The van der Waals surface area contributed by atoms with Gasteiger partial charge in [-0.15, -0.1) is 11.3 Å². The van der Waals surface area contributed by atoms with E-state index in [1.54, 1.807) is 6.20 Å². The van der Waals surface area contributed by atoms with Crippen LogP contribution in [0.5, 0.6) is 0 Å². The molecule has 8 heteroatoms. The molecule has 0 aliphatic rings. The first-order valence-electron chi connectivity index (χ1n) is 6.27. The van der Waals surface area contributed by atoms with Crippen LogP contribution >= 0.6 is 11.3 Å². The Hall–Kier alpha value is -2.48. The summed E-state index contributed by atoms with van der Waals surface area (Å²) in [6, 6.07) is 3.98. The number of nitrogens with two attached hydrogens (primary N) is 1. The fourth-order valence-electron chi connectivity index (χ4n) is 1.69. The summed E-state index contributed by atoms with van der Waals surface area (Å²) in [6.07, 6.45) is 2.68. The van der Waals surface area contributed by atoms with Crippen molar-refractivity contribution in [2.45, 2.75) is 19.9 Å². The smallest absolute Gasteiger partial charge is 0.292 e. The van der Waals surface area contributed by atoms with E-state index in [0.29, 0.717) is 6.54 Å². The average molecular weight is 306 g/mol. The number of amides is 1. The third-order valence-electron chi connectivity index (χ3n) is 2.84. The molecule has 1 aromatic carbocycles. The van der Waals surface area contributed by atoms with Crippen molar-refractivity contribution in [3.8, 4) is 0 Å². The van der Waals surface area contributed by atoms with Crippen molar-refractivity contribution in [3.63, 3.8) is 0 Å². The van der Waals surface area contributed by atoms with Gasteiger partial charge in [0.2, 0.25) is 0 Å². The number of nitrogens with zero attached hydrogens (tertiary/aromatic N) is 2. The lowest BCUT2D eigenvalue weighted by atomic mass is 10.1. The van der Waals surface area contributed by atoms with Crippen molar-refractivity contribution in [1.29, 1.82) is 0 Å². The van der Waals surface area contributed by atoms with Crippen LogP contribution in [0.2, 0.25) is 0 Å². The number of nitro groups is 1. The number of nitro benzene ring substituents is 1. The molecule has 2 aromatic rings. The number of benzene rings is 1. The van der Waals surface area contributed by atoms with Crippen LogP contribution in [0, 0.1) is 10.1 Å². The van der Waals surface area contributed by atoms with Crippen molar-refractivity contribution in [2.24, 2.45) is 0 Å². The Morgan fingerprint density at radius 2 is 2.29 bits per heavy atom. The normalized spacial score (nSPS) is 10.3. The summed E-state index contributed by atoms with van der Waals surface area (Å²) in [5.74, 6) is -0.397. The first-order valence-corrected chi connectivity index (χ1v) is 7.08. The van der Waals surface area contributed by atoms with E-state index >= 15 is 0 Å². The molecule has 1 amide bonds. The minimum Gasteiger partial charge on any atom is -0.393 e. The number of carbonyl (C=O) groups is 1. The predicted octanol–water partition coefficient (Wildman–Crippen LogP) is 2.13. The minimum atomic E-state index is -0.611. The maximum atomic E-state index is 12.0. The molecule has 7 nitrogen and oxygen atoms in total. The second-order valence-electron chi connectivity index (χ2n) is 4.29. The minimum absolute atomic E-state index is 0.0315. The molecule has 110 valence electrons. The average Bonchev–Trinajstić information content (AvgIpc) is 2.93. The summed E-state index contributed by atoms with van der Waals surface area (Å²) in [5.41, 5.74) is 5.45. The van der Waals surface area contributed by atoms with Crippen LogP contribution in [-0.2, 0) is 13.0 Å². The van der Waals surface area contributed by atoms with E-state index in [4.69, 9.17) is 5.73 Å². The molecule has 0 atom stereocenters. The molecule has 0 bridgehead atoms. The Morgan fingerprint density at radius 1 is 1.52 bits per heavy atom. The number of aryl methyl sites for hydroxylation is 1. The van der Waals surface area contributed by atoms with Crippen LogP contribution in [0.3, 0.4) is 0 Å². The lowest BCUT2D eigenvalue weighted by Crippen LogP contribution is -2.22. The molecule has 0 aliphatic carbocycles. The Kier molecular flexibility index (Phi) is 4.49. The molecule has 0 unspecified atom stereocenters. The van der Waals surface area contributed by atoms with Crippen LogP contribution < -0.4 is 11.1 Å². The van der Waals surface area contributed by atoms with Gasteiger partial charge in [-0.1, -0.05) is 6.92 Å². The van der Waals surface area contributed by atoms with Crippen molar-refractivity contribution >= 4 is 28.6 Å². The highest BCUT2D eigenvalue weighted by molar-refractivity contribution is 7.11. The molecule has 1 aromatic heterocycles. The van der Waals surface area contributed by atoms with Gasteiger partial charge < -0.3 is 11.1 Å². The van der Waals surface area contributed by atoms with Crippen molar-refractivity contribution in [2.75, 3.05) is 5.73 Å². The molecule has 2 rings (SSSR count). The zero-order valence-electron chi connectivity index (χ0n) is 11.3. The van der Waals surface area contributed by atoms with Crippen LogP contribution in [0.4, 0.5) is 11.4 Å². The Labute approximate surface area is 125 Å². The predicted molar refractivity (Wildman–Crippen MR) is 80.2 cm³/mol. The number of nitrogens with one attached hydrogen (secondary N) is 1. The van der Waals surface area contributed by atoms with Gasteiger partial charge in [0.15, 0.2) is 0 Å². The highest BCUT2D eigenvalue weighted by Crippen LogP contribution is 2.22. The van der Waals surface area contributed by atoms with E-state index in [-0.39, 0.29) is 16.9 Å². The van der Waals surface area contributed by atoms with E-state index < -0.39 is 10.8 Å². The van der Waals surface area contributed by atoms with Gasteiger partial charge in [-0.05, 0) is 18.6 Å². The number of carbonyl (C=O) groups excluding carboxylic acids is 1. The second-order valence-corrected chi connectivity index (χ2v) is 5.49. The summed E-state index contributed by atoms with van der Waals surface area (Å²) >= 11 is 1.53. The third kappa shape index (κ3) is 3.54. The maximum Gasteiger partial charge on any atom is 0.292 e. The summed E-state index contributed by atoms with van der Waals surface area (Å²) in [7, 11) is 0. The number of hydrogen-bond donors (Lipinski definition) is 2. The van der Waals surface area contributed by atoms with Gasteiger partial charge in [0, 0.05) is 22.7 Å². The zero-order valence-corrected chi connectivity index (χ0v) is 12.1. The first-order chi connectivity index (χ1) is 10.0. The van der Waals surface area contributed by atoms with E-state index in [9.17, 15) is 14.9 Å². The molecule has 21 heavy (non-hydrogen) atoms. The van der Waals surface area contributed by atoms with Crippen LogP contribution in [0.15, 0.2) is 24.4 Å². The monoisotopic (exact) mass is 306 g/mol. The number of hydrogen-bond acceptors (Lipinski definition) is 6. The molecule has 0 spiro atoms. The summed E-state index contributed by atoms with van der Waals surface area (Å²) in [4.78, 5) is 27.5. The quantitative estimate of drug-likeness (QED) is 0.499. The van der Waals surface area contributed by atoms with Gasteiger partial charge in [-0.2, -0.15) is 0 Å². The van der Waals surface area contributed by atoms with E-state index in [2.05, 4.69) is 10.3 Å². The number of aromatic nitrogens is 1. The molecule has 0 fully saturated rings. The van der Waals surface area contributed by atoms with Crippen molar-refractivity contribution in [3.05, 3.63) is 50.0 Å². The fourth-order valence-corrected chi connectivity index (χ4v) is 2.50. The van der Waals surface area contributed by atoms with Crippen LogP contribution in [0.1, 0.15) is 27.2 Å². The largest absolute Gasteiger partial charge is 0.393 e. The summed E-state index contributed by atoms with van der Waals surface area (Å²) in [6.45, 7) is 2.32. The van der Waals surface area contributed by atoms with Crippen molar-refractivity contribution < 1.29 is 9.72 Å². The molecule has 0 aliphatic heterocycles. The fraction of sp³-hybridized carbons (Fsp3) is 0.231. The number of nitrogen functional groups attached to an aromatic ring is 1. The summed E-state index contributed by atoms with van der Waals surface area (Å²) in [5, 5.41) is 14.3. The number of anilines is 1. The molecular weight excluding hydrogens is 292 g/mol. The number of thiazole rings is 1. The summed E-state index contributed by atoms with van der Waals surface area (Å²) < 4.78 is 0. The van der Waals surface area contributed by atoms with E-state index in [1.807, 2.05) is 6.92 Å². The second kappa shape index (κ2) is 6.31. The lowest BCUT2D eigenvalue weighted by molar-refractivity contribution is -0.383. The molecule has 0 radical (unpaired) electrons. The van der Waals surface area contributed by atoms with Gasteiger partial charge in [0.25, 0.3) is 11.6 Å². The standard InChI is InChI=1S/C13H14N4O3S/c1-2-9-6-15-12(21-9)7-16-13(18)8-3-4-10(14)11(5-8)17(19)20/h3-6H,2,7,14H2,1H3,(H,16,18). The Balaban J connectivity index is 2.06. The highest BCUT2D eigenvalue weighted by Gasteiger charge is 2.15. The third-order valence-corrected chi connectivity index (χ3v) is 3.98. The topological polar surface area (TPSA) is 111 Å². The zero-order chi connectivity index (χ0) is 15.4. The van der Waals surface area contributed by atoms with Crippen LogP contribution in [-0.4, -0.2) is 15.8 Å². The van der Waals surface area contributed by atoms with Gasteiger partial charge in [-0.25, -0.2) is 4.98 Å². The molecule has 0 saturated heterocycles. The van der Waals surface area contributed by atoms with Crippen LogP contribution in [0.25, 0.3) is 0 Å². The Bertz CT molecular complexity index is 684. The van der Waals surface area contributed by atoms with Gasteiger partial charge in [0.05, 0.1) is 11.5 Å². The molecule has 3 N–H and O–H groups in total. The van der Waals surface area contributed by atoms with E-state index in [0.717, 1.165) is 16.3 Å².